The van der Waals surface area contributed by atoms with Crippen LogP contribution >= 0.6 is 0 Å². The molecule has 0 radical (unpaired) electrons. The van der Waals surface area contributed by atoms with E-state index in [-0.39, 0.29) is 48.5 Å². The van der Waals surface area contributed by atoms with Crippen molar-refractivity contribution in [1.82, 2.24) is 25.3 Å². The topological polar surface area (TPSA) is 127 Å². The maximum absolute atomic E-state index is 14.8. The van der Waals surface area contributed by atoms with Crippen LogP contribution in [0.3, 0.4) is 0 Å². The Labute approximate surface area is 238 Å². The third-order valence-electron chi connectivity index (χ3n) is 6.88. The summed E-state index contributed by atoms with van der Waals surface area (Å²) in [7, 11) is 3.25. The predicted octanol–water partition coefficient (Wildman–Crippen LogP) is 3.14. The van der Waals surface area contributed by atoms with Crippen LogP contribution in [0.1, 0.15) is 40.9 Å². The molecule has 2 aliphatic heterocycles. The molecule has 2 aliphatic rings. The van der Waals surface area contributed by atoms with Crippen LogP contribution in [-0.4, -0.2) is 65.7 Å². The molecule has 2 bridgehead atoms. The van der Waals surface area contributed by atoms with Gasteiger partial charge < -0.3 is 25.4 Å². The maximum atomic E-state index is 14.8. The molecule has 3 heterocycles. The molecular formula is C29H35FN6O5. The molecule has 0 saturated heterocycles. The molecule has 3 amide bonds. The molecule has 0 fully saturated rings. The molecule has 2 aromatic carbocycles. The summed E-state index contributed by atoms with van der Waals surface area (Å²) in [6.45, 7) is 3.29. The summed E-state index contributed by atoms with van der Waals surface area (Å²) < 4.78 is 27.8. The Bertz CT molecular complexity index is 1410. The second-order valence-corrected chi connectivity index (χ2v) is 9.77. The minimum absolute atomic E-state index is 0.0692. The number of rotatable bonds is 4. The number of amides is 3. The first-order chi connectivity index (χ1) is 19.7. The normalized spacial score (nSPS) is 15.4. The van der Waals surface area contributed by atoms with Gasteiger partial charge in [-0.3, -0.25) is 24.0 Å². The van der Waals surface area contributed by atoms with E-state index in [0.717, 1.165) is 5.69 Å². The highest BCUT2D eigenvalue weighted by Crippen LogP contribution is 2.34. The fourth-order valence-corrected chi connectivity index (χ4v) is 4.45. The van der Waals surface area contributed by atoms with Gasteiger partial charge in [0.1, 0.15) is 11.6 Å². The van der Waals surface area contributed by atoms with E-state index in [1.54, 1.807) is 42.2 Å². The summed E-state index contributed by atoms with van der Waals surface area (Å²) >= 11 is 0. The zero-order chi connectivity index (χ0) is 29.4. The molecule has 41 heavy (non-hydrogen) atoms. The van der Waals surface area contributed by atoms with Crippen LogP contribution in [0, 0.1) is 12.7 Å². The molecule has 12 heteroatoms. The predicted molar refractivity (Wildman–Crippen MR) is 151 cm³/mol. The number of hydrogen-bond acceptors (Lipinski definition) is 7. The van der Waals surface area contributed by atoms with E-state index in [4.69, 9.17) is 9.47 Å². The van der Waals surface area contributed by atoms with Crippen molar-refractivity contribution in [2.75, 3.05) is 38.6 Å². The highest BCUT2D eigenvalue weighted by atomic mass is 19.1. The molecular weight excluding hydrogens is 531 g/mol. The van der Waals surface area contributed by atoms with Crippen LogP contribution in [-0.2, 0) is 23.2 Å². The van der Waals surface area contributed by atoms with Gasteiger partial charge in [0, 0.05) is 44.2 Å². The molecule has 218 valence electrons. The molecule has 5 rings (SSSR count). The number of fused-ring (bicyclic) bond motifs is 13. The number of nitrogens with zero attached hydrogens (tertiary/aromatic N) is 3. The number of carbonyl (C=O) groups excluding carboxylic acids is 3. The lowest BCUT2D eigenvalue weighted by atomic mass is 10.1. The van der Waals surface area contributed by atoms with Crippen LogP contribution in [0.2, 0.25) is 0 Å². The van der Waals surface area contributed by atoms with E-state index in [9.17, 15) is 18.8 Å². The number of nitrogens with one attached hydrogen (secondary N) is 3. The molecule has 0 saturated carbocycles. The number of carbonyl (C=O) groups is 3. The molecule has 1 aromatic heterocycles. The summed E-state index contributed by atoms with van der Waals surface area (Å²) in [6.07, 6.45) is 2.86. The van der Waals surface area contributed by atoms with Crippen LogP contribution in [0.15, 0.2) is 42.6 Å². The lowest BCUT2D eigenvalue weighted by molar-refractivity contribution is -0.121. The van der Waals surface area contributed by atoms with Gasteiger partial charge in [-0.05, 0) is 56.6 Å². The van der Waals surface area contributed by atoms with E-state index < -0.39 is 5.82 Å². The number of ether oxygens (including phenoxy) is 2. The molecule has 0 spiro atoms. The van der Waals surface area contributed by atoms with E-state index in [1.165, 1.54) is 19.2 Å². The van der Waals surface area contributed by atoms with Gasteiger partial charge in [-0.25, -0.2) is 4.39 Å². The maximum Gasteiger partial charge on any atom is 0.251 e. The minimum Gasteiger partial charge on any atom is -0.493 e. The van der Waals surface area contributed by atoms with E-state index in [0.29, 0.717) is 55.2 Å². The molecule has 0 unspecified atom stereocenters. The van der Waals surface area contributed by atoms with Crippen LogP contribution in [0.4, 0.5) is 10.1 Å². The first kappa shape index (κ1) is 29.5. The third-order valence-corrected chi connectivity index (χ3v) is 6.88. The molecule has 3 N–H and O–H groups in total. The van der Waals surface area contributed by atoms with Crippen molar-refractivity contribution in [3.8, 4) is 17.2 Å². The van der Waals surface area contributed by atoms with Crippen molar-refractivity contribution < 1.29 is 28.2 Å². The van der Waals surface area contributed by atoms with Gasteiger partial charge in [-0.1, -0.05) is 6.07 Å². The van der Waals surface area contributed by atoms with Crippen molar-refractivity contribution in [3.63, 3.8) is 0 Å². The van der Waals surface area contributed by atoms with Crippen molar-refractivity contribution in [2.45, 2.75) is 32.7 Å². The standard InChI is InChI=1S/C29H35FN6O5/c1-19-23(17-33-35(19)2)34-28(38)18-36-13-5-9-27(37)32-16-21-22(30)7-4-8-24(21)41-25-11-10-20(15-26(25)40-3)29(39)31-12-6-14-36/h4,7-8,10-11,15,17H,5-6,9,12-14,16,18H2,1-3H3,(H,31,39)(H,32,37)(H,34,38). The monoisotopic (exact) mass is 566 g/mol. The second-order valence-electron chi connectivity index (χ2n) is 9.77. The number of halogens is 1. The summed E-state index contributed by atoms with van der Waals surface area (Å²) in [5.74, 6) is -0.435. The first-order valence-electron chi connectivity index (χ1n) is 13.4. The Morgan fingerprint density at radius 3 is 2.71 bits per heavy atom. The highest BCUT2D eigenvalue weighted by molar-refractivity contribution is 5.95. The Kier molecular flexibility index (Phi) is 9.91. The van der Waals surface area contributed by atoms with Crippen molar-refractivity contribution in [3.05, 3.63) is 65.2 Å². The molecule has 3 aromatic rings. The van der Waals surface area contributed by atoms with E-state index in [2.05, 4.69) is 21.0 Å². The Balaban J connectivity index is 1.50. The highest BCUT2D eigenvalue weighted by Gasteiger charge is 2.18. The van der Waals surface area contributed by atoms with Crippen molar-refractivity contribution >= 4 is 23.4 Å². The number of anilines is 1. The Morgan fingerprint density at radius 1 is 1.15 bits per heavy atom. The number of benzene rings is 2. The van der Waals surface area contributed by atoms with Crippen LogP contribution in [0.25, 0.3) is 0 Å². The zero-order valence-corrected chi connectivity index (χ0v) is 23.5. The average Bonchev–Trinajstić information content (AvgIpc) is 3.26. The summed E-state index contributed by atoms with van der Waals surface area (Å²) in [4.78, 5) is 40.2. The number of aromatic nitrogens is 2. The van der Waals surface area contributed by atoms with Gasteiger partial charge >= 0.3 is 0 Å². The van der Waals surface area contributed by atoms with Crippen LogP contribution in [0.5, 0.6) is 17.2 Å². The minimum atomic E-state index is -0.523. The summed E-state index contributed by atoms with van der Waals surface area (Å²) in [5.41, 5.74) is 2.04. The van der Waals surface area contributed by atoms with Crippen molar-refractivity contribution in [2.24, 2.45) is 7.05 Å². The third kappa shape index (κ3) is 7.82. The van der Waals surface area contributed by atoms with Crippen molar-refractivity contribution in [1.29, 1.82) is 0 Å². The summed E-state index contributed by atoms with van der Waals surface area (Å²) in [6, 6.07) is 9.14. The van der Waals surface area contributed by atoms with Gasteiger partial charge in [0.15, 0.2) is 11.5 Å². The average molecular weight is 567 g/mol. The quantitative estimate of drug-likeness (QED) is 0.443. The molecule has 0 aliphatic carbocycles. The largest absolute Gasteiger partial charge is 0.493 e. The Hall–Kier alpha value is -4.45. The number of hydrogen-bond donors (Lipinski definition) is 3. The fourth-order valence-electron chi connectivity index (χ4n) is 4.45. The first-order valence-corrected chi connectivity index (χ1v) is 13.4. The Morgan fingerprint density at radius 2 is 1.95 bits per heavy atom. The smallest absolute Gasteiger partial charge is 0.251 e. The number of aryl methyl sites for hydroxylation is 1. The van der Waals surface area contributed by atoms with E-state index >= 15 is 0 Å². The van der Waals surface area contributed by atoms with Gasteiger partial charge in [0.25, 0.3) is 5.91 Å². The van der Waals surface area contributed by atoms with Gasteiger partial charge in [-0.15, -0.1) is 0 Å². The van der Waals surface area contributed by atoms with Gasteiger partial charge in [-0.2, -0.15) is 5.10 Å². The van der Waals surface area contributed by atoms with E-state index in [1.807, 2.05) is 11.8 Å². The lowest BCUT2D eigenvalue weighted by Gasteiger charge is -2.22. The molecule has 0 atom stereocenters. The zero-order valence-electron chi connectivity index (χ0n) is 23.5. The van der Waals surface area contributed by atoms with Crippen LogP contribution < -0.4 is 25.4 Å². The van der Waals surface area contributed by atoms with Gasteiger partial charge in [0.2, 0.25) is 11.8 Å². The van der Waals surface area contributed by atoms with Gasteiger partial charge in [0.05, 0.1) is 31.2 Å². The fraction of sp³-hybridized carbons (Fsp3) is 0.379. The SMILES string of the molecule is COc1cc2ccc1Oc1cccc(F)c1CNC(=O)CCCN(CC(=O)Nc1cnn(C)c1C)CCCNC2=O. The number of methoxy groups -OCH3 is 1. The lowest BCUT2D eigenvalue weighted by Crippen LogP contribution is -2.37. The second kappa shape index (κ2) is 13.8. The summed E-state index contributed by atoms with van der Waals surface area (Å²) in [5, 5.41) is 12.7. The molecule has 11 nitrogen and oxygen atoms in total.